The average molecular weight is 266 g/mol. The van der Waals surface area contributed by atoms with Crippen LogP contribution in [0.4, 0.5) is 5.13 Å². The van der Waals surface area contributed by atoms with Crippen LogP contribution in [0.25, 0.3) is 0 Å². The summed E-state index contributed by atoms with van der Waals surface area (Å²) in [5, 5.41) is 10.7. The van der Waals surface area contributed by atoms with E-state index in [1.165, 1.54) is 24.5 Å². The molecule has 0 atom stereocenters. The Balaban J connectivity index is 2.42. The zero-order valence-electron chi connectivity index (χ0n) is 8.36. The minimum absolute atomic E-state index is 0.142. The second kappa shape index (κ2) is 4.48. The van der Waals surface area contributed by atoms with E-state index in [2.05, 4.69) is 14.7 Å². The number of rotatable bonds is 3. The number of sulfonamides is 1. The van der Waals surface area contributed by atoms with Crippen molar-refractivity contribution in [3.05, 3.63) is 35.6 Å². The Hall–Kier alpha value is -1.98. The van der Waals surface area contributed by atoms with Gasteiger partial charge in [0.1, 0.15) is 11.0 Å². The van der Waals surface area contributed by atoms with Gasteiger partial charge in [0.25, 0.3) is 10.0 Å². The van der Waals surface area contributed by atoms with E-state index in [1.807, 2.05) is 0 Å². The summed E-state index contributed by atoms with van der Waals surface area (Å²) in [6, 6.07) is 4.51. The van der Waals surface area contributed by atoms with Crippen LogP contribution in [0.1, 0.15) is 5.69 Å². The summed E-state index contributed by atoms with van der Waals surface area (Å²) >= 11 is 1.15. The van der Waals surface area contributed by atoms with E-state index in [9.17, 15) is 8.42 Å². The number of nitrogens with one attached hydrogen (secondary N) is 1. The fourth-order valence-electron chi connectivity index (χ4n) is 1.14. The summed E-state index contributed by atoms with van der Waals surface area (Å²) in [5.74, 6) is 0. The molecule has 0 amide bonds. The predicted octanol–water partition coefficient (Wildman–Crippen LogP) is 1.21. The van der Waals surface area contributed by atoms with Crippen LogP contribution in [-0.2, 0) is 10.0 Å². The minimum atomic E-state index is -3.81. The molecule has 2 rings (SSSR count). The SMILES string of the molecule is N#Cc1ncccc1S(=O)(=O)Nc1nccs1. The number of anilines is 1. The van der Waals surface area contributed by atoms with Crippen LogP contribution in [0.15, 0.2) is 34.8 Å². The molecule has 86 valence electrons. The van der Waals surface area contributed by atoms with Crippen molar-refractivity contribution >= 4 is 26.5 Å². The molecular weight excluding hydrogens is 260 g/mol. The van der Waals surface area contributed by atoms with Crippen molar-refractivity contribution in [2.75, 3.05) is 4.72 Å². The van der Waals surface area contributed by atoms with Gasteiger partial charge in [-0.15, -0.1) is 11.3 Å². The zero-order chi connectivity index (χ0) is 12.3. The van der Waals surface area contributed by atoms with Crippen LogP contribution in [0.2, 0.25) is 0 Å². The van der Waals surface area contributed by atoms with Crippen LogP contribution in [0.5, 0.6) is 0 Å². The molecule has 2 aromatic rings. The molecule has 0 spiro atoms. The lowest BCUT2D eigenvalue weighted by Crippen LogP contribution is -2.14. The second-order valence-corrected chi connectivity index (χ2v) is 5.45. The maximum absolute atomic E-state index is 11.9. The molecule has 2 aromatic heterocycles. The molecule has 17 heavy (non-hydrogen) atoms. The van der Waals surface area contributed by atoms with Crippen molar-refractivity contribution in [1.82, 2.24) is 9.97 Å². The third-order valence-corrected chi connectivity index (χ3v) is 4.01. The maximum atomic E-state index is 11.9. The van der Waals surface area contributed by atoms with Crippen LogP contribution < -0.4 is 4.72 Å². The van der Waals surface area contributed by atoms with Crippen molar-refractivity contribution in [3.63, 3.8) is 0 Å². The predicted molar refractivity (Wildman–Crippen MR) is 61.9 cm³/mol. The zero-order valence-corrected chi connectivity index (χ0v) is 9.99. The Kier molecular flexibility index (Phi) is 3.03. The third-order valence-electron chi connectivity index (χ3n) is 1.82. The highest BCUT2D eigenvalue weighted by molar-refractivity contribution is 7.93. The van der Waals surface area contributed by atoms with Gasteiger partial charge in [0.15, 0.2) is 10.8 Å². The van der Waals surface area contributed by atoms with Gasteiger partial charge in [-0.2, -0.15) is 5.26 Å². The molecule has 0 aliphatic heterocycles. The smallest absolute Gasteiger partial charge is 0.255 e. The lowest BCUT2D eigenvalue weighted by Gasteiger charge is -2.05. The fraction of sp³-hybridized carbons (Fsp3) is 0. The number of hydrogen-bond donors (Lipinski definition) is 1. The second-order valence-electron chi connectivity index (χ2n) is 2.90. The molecule has 0 saturated carbocycles. The summed E-state index contributed by atoms with van der Waals surface area (Å²) in [6.45, 7) is 0. The molecule has 0 unspecified atom stereocenters. The van der Waals surface area contributed by atoms with Crippen LogP contribution >= 0.6 is 11.3 Å². The normalized spacial score (nSPS) is 10.8. The Bertz CT molecular complexity index is 659. The van der Waals surface area contributed by atoms with Crippen molar-refractivity contribution in [2.45, 2.75) is 4.90 Å². The first-order chi connectivity index (χ1) is 8.13. The number of thiazole rings is 1. The van der Waals surface area contributed by atoms with Crippen LogP contribution in [0, 0.1) is 11.3 Å². The number of nitriles is 1. The molecular formula is C9H6N4O2S2. The summed E-state index contributed by atoms with van der Waals surface area (Å²) < 4.78 is 26.2. The molecule has 0 saturated heterocycles. The third kappa shape index (κ3) is 2.41. The van der Waals surface area contributed by atoms with E-state index >= 15 is 0 Å². The molecule has 0 fully saturated rings. The minimum Gasteiger partial charge on any atom is -0.255 e. The van der Waals surface area contributed by atoms with Gasteiger partial charge in [0.05, 0.1) is 0 Å². The van der Waals surface area contributed by atoms with E-state index in [0.29, 0.717) is 0 Å². The molecule has 0 aliphatic rings. The van der Waals surface area contributed by atoms with Gasteiger partial charge in [-0.3, -0.25) is 4.72 Å². The Labute approximate surface area is 102 Å². The topological polar surface area (TPSA) is 95.7 Å². The quantitative estimate of drug-likeness (QED) is 0.900. The Morgan fingerprint density at radius 3 is 2.82 bits per heavy atom. The van der Waals surface area contributed by atoms with Crippen molar-refractivity contribution in [1.29, 1.82) is 5.26 Å². The first-order valence-electron chi connectivity index (χ1n) is 4.41. The number of hydrogen-bond acceptors (Lipinski definition) is 6. The summed E-state index contributed by atoms with van der Waals surface area (Å²) in [6.07, 6.45) is 2.85. The van der Waals surface area contributed by atoms with Crippen LogP contribution in [0.3, 0.4) is 0 Å². The van der Waals surface area contributed by atoms with Crippen LogP contribution in [-0.4, -0.2) is 18.4 Å². The molecule has 8 heteroatoms. The monoisotopic (exact) mass is 266 g/mol. The summed E-state index contributed by atoms with van der Waals surface area (Å²) in [4.78, 5) is 7.35. The first-order valence-corrected chi connectivity index (χ1v) is 6.77. The lowest BCUT2D eigenvalue weighted by atomic mass is 10.4. The van der Waals surface area contributed by atoms with Gasteiger partial charge in [0, 0.05) is 17.8 Å². The molecule has 2 heterocycles. The Morgan fingerprint density at radius 2 is 2.18 bits per heavy atom. The lowest BCUT2D eigenvalue weighted by molar-refractivity contribution is 0.600. The highest BCUT2D eigenvalue weighted by atomic mass is 32.2. The van der Waals surface area contributed by atoms with Gasteiger partial charge >= 0.3 is 0 Å². The highest BCUT2D eigenvalue weighted by Gasteiger charge is 2.20. The standard InChI is InChI=1S/C9H6N4O2S2/c10-6-7-8(2-1-3-11-7)17(14,15)13-9-12-4-5-16-9/h1-5H,(H,12,13). The highest BCUT2D eigenvalue weighted by Crippen LogP contribution is 2.19. The van der Waals surface area contributed by atoms with Gasteiger partial charge in [-0.1, -0.05) is 0 Å². The number of nitrogens with zero attached hydrogens (tertiary/aromatic N) is 3. The summed E-state index contributed by atoms with van der Waals surface area (Å²) in [7, 11) is -3.81. The molecule has 6 nitrogen and oxygen atoms in total. The van der Waals surface area contributed by atoms with E-state index in [-0.39, 0.29) is 15.7 Å². The average Bonchev–Trinajstić information content (AvgIpc) is 2.81. The van der Waals surface area contributed by atoms with Crippen molar-refractivity contribution in [2.24, 2.45) is 0 Å². The molecule has 0 radical (unpaired) electrons. The number of aromatic nitrogens is 2. The maximum Gasteiger partial charge on any atom is 0.266 e. The van der Waals surface area contributed by atoms with Gasteiger partial charge in [0.2, 0.25) is 0 Å². The van der Waals surface area contributed by atoms with Gasteiger partial charge in [-0.05, 0) is 12.1 Å². The summed E-state index contributed by atoms with van der Waals surface area (Å²) in [5.41, 5.74) is -0.142. The largest absolute Gasteiger partial charge is 0.266 e. The van der Waals surface area contributed by atoms with E-state index in [0.717, 1.165) is 11.3 Å². The first kappa shape index (κ1) is 11.5. The van der Waals surface area contributed by atoms with Gasteiger partial charge < -0.3 is 0 Å². The van der Waals surface area contributed by atoms with E-state index in [4.69, 9.17) is 5.26 Å². The van der Waals surface area contributed by atoms with Crippen molar-refractivity contribution < 1.29 is 8.42 Å². The van der Waals surface area contributed by atoms with E-state index in [1.54, 1.807) is 11.4 Å². The van der Waals surface area contributed by atoms with Crippen molar-refractivity contribution in [3.8, 4) is 6.07 Å². The molecule has 1 N–H and O–H groups in total. The van der Waals surface area contributed by atoms with Gasteiger partial charge in [-0.25, -0.2) is 18.4 Å². The fourth-order valence-corrected chi connectivity index (χ4v) is 3.03. The molecule has 0 bridgehead atoms. The molecule has 0 aromatic carbocycles. The molecule has 0 aliphatic carbocycles. The Morgan fingerprint density at radius 1 is 1.35 bits per heavy atom. The van der Waals surface area contributed by atoms with E-state index < -0.39 is 10.0 Å². The number of pyridine rings is 1.